The normalized spacial score (nSPS) is 10.7. The summed E-state index contributed by atoms with van der Waals surface area (Å²) < 4.78 is 0.771. The topological polar surface area (TPSA) is 57.8 Å². The van der Waals surface area contributed by atoms with Gasteiger partial charge in [-0.15, -0.1) is 0 Å². The number of H-pyrrole nitrogens is 1. The quantitative estimate of drug-likeness (QED) is 0.772. The maximum atomic E-state index is 12.1. The lowest BCUT2D eigenvalue weighted by molar-refractivity contribution is -0.115. The molecule has 100 valence electrons. The zero-order valence-electron chi connectivity index (χ0n) is 10.6. The zero-order valence-corrected chi connectivity index (χ0v) is 12.1. The summed E-state index contributed by atoms with van der Waals surface area (Å²) in [5.74, 6) is 0.450. The van der Waals surface area contributed by atoms with E-state index in [9.17, 15) is 4.79 Å². The maximum absolute atomic E-state index is 12.1. The smallest absolute Gasteiger partial charge is 0.230 e. The van der Waals surface area contributed by atoms with E-state index < -0.39 is 0 Å². The van der Waals surface area contributed by atoms with Crippen LogP contribution >= 0.6 is 15.9 Å². The highest BCUT2D eigenvalue weighted by Crippen LogP contribution is 2.20. The molecule has 3 rings (SSSR count). The van der Waals surface area contributed by atoms with E-state index in [2.05, 4.69) is 31.2 Å². The average molecular weight is 330 g/mol. The molecule has 1 amide bonds. The summed E-state index contributed by atoms with van der Waals surface area (Å²) in [5, 5.41) is 3.87. The monoisotopic (exact) mass is 329 g/mol. The summed E-state index contributed by atoms with van der Waals surface area (Å²) in [6.07, 6.45) is 3.83. The molecule has 2 heterocycles. The fourth-order valence-electron chi connectivity index (χ4n) is 2.10. The highest BCUT2D eigenvalue weighted by molar-refractivity contribution is 9.10. The van der Waals surface area contributed by atoms with Crippen molar-refractivity contribution in [3.8, 4) is 0 Å². The van der Waals surface area contributed by atoms with E-state index in [0.717, 1.165) is 20.9 Å². The maximum Gasteiger partial charge on any atom is 0.230 e. The van der Waals surface area contributed by atoms with Gasteiger partial charge in [-0.1, -0.05) is 18.2 Å². The van der Waals surface area contributed by atoms with Crippen molar-refractivity contribution in [3.05, 3.63) is 58.8 Å². The molecule has 20 heavy (non-hydrogen) atoms. The first kappa shape index (κ1) is 12.9. The van der Waals surface area contributed by atoms with Crippen LogP contribution < -0.4 is 5.32 Å². The Labute approximate surface area is 124 Å². The van der Waals surface area contributed by atoms with Gasteiger partial charge in [0.15, 0.2) is 0 Å². The summed E-state index contributed by atoms with van der Waals surface area (Å²) in [6, 6.07) is 11.6. The van der Waals surface area contributed by atoms with Gasteiger partial charge in [-0.3, -0.25) is 4.79 Å². The summed E-state index contributed by atoms with van der Waals surface area (Å²) in [4.78, 5) is 19.4. The average Bonchev–Trinajstić information content (AvgIpc) is 2.85. The van der Waals surface area contributed by atoms with E-state index in [1.807, 2.05) is 36.5 Å². The van der Waals surface area contributed by atoms with Crippen molar-refractivity contribution >= 4 is 38.6 Å². The van der Waals surface area contributed by atoms with Gasteiger partial charge in [0, 0.05) is 23.3 Å². The number of hydrogen-bond acceptors (Lipinski definition) is 2. The SMILES string of the molecule is O=C(Cc1c[nH]c2ccccc12)Nc1ncccc1Br. The molecule has 0 bridgehead atoms. The third-order valence-corrected chi connectivity index (χ3v) is 3.68. The molecule has 0 aliphatic heterocycles. The van der Waals surface area contributed by atoms with E-state index in [0.29, 0.717) is 12.2 Å². The van der Waals surface area contributed by atoms with Crippen LogP contribution in [0.2, 0.25) is 0 Å². The van der Waals surface area contributed by atoms with E-state index in [4.69, 9.17) is 0 Å². The second-order valence-corrected chi connectivity index (χ2v) is 5.27. The lowest BCUT2D eigenvalue weighted by Crippen LogP contribution is -2.15. The number of hydrogen-bond donors (Lipinski definition) is 2. The van der Waals surface area contributed by atoms with Gasteiger partial charge >= 0.3 is 0 Å². The first-order valence-electron chi connectivity index (χ1n) is 6.19. The molecular weight excluding hydrogens is 318 g/mol. The molecule has 1 aromatic carbocycles. The molecule has 2 aromatic heterocycles. The molecule has 3 aromatic rings. The van der Waals surface area contributed by atoms with Crippen LogP contribution in [0, 0.1) is 0 Å². The minimum absolute atomic E-state index is 0.0887. The number of para-hydroxylation sites is 1. The van der Waals surface area contributed by atoms with Crippen molar-refractivity contribution in [2.45, 2.75) is 6.42 Å². The lowest BCUT2D eigenvalue weighted by atomic mass is 10.1. The Balaban J connectivity index is 1.78. The molecule has 0 aliphatic carbocycles. The van der Waals surface area contributed by atoms with Gasteiger partial charge in [0.25, 0.3) is 0 Å². The van der Waals surface area contributed by atoms with Crippen molar-refractivity contribution in [2.24, 2.45) is 0 Å². The largest absolute Gasteiger partial charge is 0.361 e. The van der Waals surface area contributed by atoms with Crippen LogP contribution in [0.15, 0.2) is 53.3 Å². The van der Waals surface area contributed by atoms with Gasteiger partial charge in [0.2, 0.25) is 5.91 Å². The third-order valence-electron chi connectivity index (χ3n) is 3.04. The molecule has 5 heteroatoms. The molecule has 0 atom stereocenters. The van der Waals surface area contributed by atoms with Crippen molar-refractivity contribution < 1.29 is 4.79 Å². The second kappa shape index (κ2) is 5.46. The number of nitrogens with zero attached hydrogens (tertiary/aromatic N) is 1. The van der Waals surface area contributed by atoms with Crippen LogP contribution in [0.25, 0.3) is 10.9 Å². The predicted molar refractivity (Wildman–Crippen MR) is 82.6 cm³/mol. The second-order valence-electron chi connectivity index (χ2n) is 4.42. The number of pyridine rings is 1. The highest BCUT2D eigenvalue weighted by Gasteiger charge is 2.10. The molecule has 0 radical (unpaired) electrons. The fraction of sp³-hybridized carbons (Fsp3) is 0.0667. The molecule has 2 N–H and O–H groups in total. The molecule has 4 nitrogen and oxygen atoms in total. The Bertz CT molecular complexity index is 766. The highest BCUT2D eigenvalue weighted by atomic mass is 79.9. The number of aromatic amines is 1. The van der Waals surface area contributed by atoms with Gasteiger partial charge in [0.1, 0.15) is 5.82 Å². The molecular formula is C15H12BrN3O. The Morgan fingerprint density at radius 2 is 2.10 bits per heavy atom. The predicted octanol–water partition coefficient (Wildman–Crippen LogP) is 3.51. The Hall–Kier alpha value is -2.14. The van der Waals surface area contributed by atoms with E-state index in [1.54, 1.807) is 12.3 Å². The first-order valence-corrected chi connectivity index (χ1v) is 6.99. The lowest BCUT2D eigenvalue weighted by Gasteiger charge is -2.05. The van der Waals surface area contributed by atoms with Crippen LogP contribution in [-0.4, -0.2) is 15.9 Å². The zero-order chi connectivity index (χ0) is 13.9. The summed E-state index contributed by atoms with van der Waals surface area (Å²) >= 11 is 3.36. The molecule has 0 aliphatic rings. The Morgan fingerprint density at radius 1 is 1.25 bits per heavy atom. The van der Waals surface area contributed by atoms with Gasteiger partial charge in [0.05, 0.1) is 10.9 Å². The molecule has 0 fully saturated rings. The number of carbonyl (C=O) groups excluding carboxylic acids is 1. The fourth-order valence-corrected chi connectivity index (χ4v) is 2.46. The number of amides is 1. The summed E-state index contributed by atoms with van der Waals surface area (Å²) in [6.45, 7) is 0. The van der Waals surface area contributed by atoms with Crippen LogP contribution in [0.3, 0.4) is 0 Å². The molecule has 0 unspecified atom stereocenters. The van der Waals surface area contributed by atoms with Gasteiger partial charge in [-0.05, 0) is 39.7 Å². The van der Waals surface area contributed by atoms with Crippen LogP contribution in [-0.2, 0) is 11.2 Å². The number of aromatic nitrogens is 2. The minimum atomic E-state index is -0.0887. The number of benzene rings is 1. The van der Waals surface area contributed by atoms with Crippen molar-refractivity contribution in [1.82, 2.24) is 9.97 Å². The number of halogens is 1. The van der Waals surface area contributed by atoms with Crippen molar-refractivity contribution in [2.75, 3.05) is 5.32 Å². The van der Waals surface area contributed by atoms with Crippen LogP contribution in [0.5, 0.6) is 0 Å². The Morgan fingerprint density at radius 3 is 2.95 bits per heavy atom. The first-order chi connectivity index (χ1) is 9.74. The van der Waals surface area contributed by atoms with E-state index in [-0.39, 0.29) is 5.91 Å². The number of fused-ring (bicyclic) bond motifs is 1. The molecule has 0 saturated carbocycles. The van der Waals surface area contributed by atoms with Gasteiger partial charge < -0.3 is 10.3 Å². The van der Waals surface area contributed by atoms with E-state index >= 15 is 0 Å². The third kappa shape index (κ3) is 2.58. The number of nitrogens with one attached hydrogen (secondary N) is 2. The number of carbonyl (C=O) groups is 1. The van der Waals surface area contributed by atoms with Gasteiger partial charge in [-0.25, -0.2) is 4.98 Å². The Kier molecular flexibility index (Phi) is 3.52. The standard InChI is InChI=1S/C15H12BrN3O/c16-12-5-3-7-17-15(12)19-14(20)8-10-9-18-13-6-2-1-4-11(10)13/h1-7,9,18H,8H2,(H,17,19,20). The van der Waals surface area contributed by atoms with Gasteiger partial charge in [-0.2, -0.15) is 0 Å². The van der Waals surface area contributed by atoms with E-state index in [1.165, 1.54) is 0 Å². The summed E-state index contributed by atoms with van der Waals surface area (Å²) in [5.41, 5.74) is 2.01. The van der Waals surface area contributed by atoms with Crippen LogP contribution in [0.4, 0.5) is 5.82 Å². The molecule has 0 spiro atoms. The molecule has 0 saturated heterocycles. The summed E-state index contributed by atoms with van der Waals surface area (Å²) in [7, 11) is 0. The van der Waals surface area contributed by atoms with Crippen molar-refractivity contribution in [1.29, 1.82) is 0 Å². The van der Waals surface area contributed by atoms with Crippen molar-refractivity contribution in [3.63, 3.8) is 0 Å². The minimum Gasteiger partial charge on any atom is -0.361 e. The number of rotatable bonds is 3. The van der Waals surface area contributed by atoms with Crippen LogP contribution in [0.1, 0.15) is 5.56 Å². The number of anilines is 1.